The van der Waals surface area contributed by atoms with Gasteiger partial charge in [0.2, 0.25) is 0 Å². The molecule has 2 nitrogen and oxygen atoms in total. The Morgan fingerprint density at radius 3 is 2.35 bits per heavy atom. The van der Waals surface area contributed by atoms with Crippen LogP contribution in [0.1, 0.15) is 49.7 Å². The van der Waals surface area contributed by atoms with Crippen molar-refractivity contribution in [1.82, 2.24) is 0 Å². The molecule has 0 unspecified atom stereocenters. The number of aryl methyl sites for hydroxylation is 1. The van der Waals surface area contributed by atoms with Crippen LogP contribution in [0.3, 0.4) is 0 Å². The van der Waals surface area contributed by atoms with Crippen molar-refractivity contribution >= 4 is 0 Å². The molecule has 1 aromatic rings. The van der Waals surface area contributed by atoms with Crippen LogP contribution in [0.25, 0.3) is 0 Å². The maximum Gasteiger partial charge on any atom is 0.124 e. The summed E-state index contributed by atoms with van der Waals surface area (Å²) in [6, 6.07) is 6.07. The Hall–Kier alpha value is -1.02. The summed E-state index contributed by atoms with van der Waals surface area (Å²) < 4.78 is 5.40. The van der Waals surface area contributed by atoms with E-state index in [-0.39, 0.29) is 0 Å². The molecule has 0 heterocycles. The van der Waals surface area contributed by atoms with Crippen molar-refractivity contribution < 1.29 is 9.84 Å². The van der Waals surface area contributed by atoms with E-state index in [4.69, 9.17) is 4.74 Å². The molecular formula is C15H22O2. The first-order valence-electron chi connectivity index (χ1n) is 6.53. The number of hydrogen-bond acceptors (Lipinski definition) is 2. The topological polar surface area (TPSA) is 29.5 Å². The Balaban J connectivity index is 2.38. The van der Waals surface area contributed by atoms with E-state index < -0.39 is 5.60 Å². The number of methoxy groups -OCH3 is 1. The fourth-order valence-electron chi connectivity index (χ4n) is 2.77. The van der Waals surface area contributed by atoms with Gasteiger partial charge in [-0.3, -0.25) is 0 Å². The lowest BCUT2D eigenvalue weighted by Gasteiger charge is -2.29. The van der Waals surface area contributed by atoms with E-state index in [2.05, 4.69) is 13.0 Å². The average Bonchev–Trinajstić information content (AvgIpc) is 2.55. The third-order valence-corrected chi connectivity index (χ3v) is 3.79. The summed E-state index contributed by atoms with van der Waals surface area (Å²) in [5.74, 6) is 0.819. The Kier molecular flexibility index (Phi) is 3.72. The van der Waals surface area contributed by atoms with Crippen molar-refractivity contribution in [3.63, 3.8) is 0 Å². The van der Waals surface area contributed by atoms with E-state index >= 15 is 0 Å². The minimum absolute atomic E-state index is 0.687. The second-order valence-corrected chi connectivity index (χ2v) is 5.15. The first-order chi connectivity index (χ1) is 8.15. The lowest BCUT2D eigenvalue weighted by atomic mass is 9.85. The number of rotatable bonds is 2. The molecule has 1 aliphatic rings. The zero-order valence-electron chi connectivity index (χ0n) is 10.8. The maximum atomic E-state index is 10.9. The van der Waals surface area contributed by atoms with Crippen molar-refractivity contribution in [1.29, 1.82) is 0 Å². The predicted octanol–water partition coefficient (Wildman–Crippen LogP) is 3.55. The van der Waals surface area contributed by atoms with Crippen LogP contribution in [0.5, 0.6) is 5.75 Å². The second kappa shape index (κ2) is 5.09. The van der Waals surface area contributed by atoms with E-state index in [1.165, 1.54) is 18.4 Å². The SMILES string of the molecule is COc1ccc(C)cc1C1(O)CCCCCC1. The standard InChI is InChI=1S/C15H22O2/c1-12-7-8-14(17-2)13(11-12)15(16)9-5-3-4-6-10-15/h7-8,11,16H,3-6,9-10H2,1-2H3. The quantitative estimate of drug-likeness (QED) is 0.793. The molecule has 1 saturated carbocycles. The molecule has 0 bridgehead atoms. The van der Waals surface area contributed by atoms with Crippen LogP contribution in [0.4, 0.5) is 0 Å². The number of aliphatic hydroxyl groups is 1. The molecule has 1 N–H and O–H groups in total. The van der Waals surface area contributed by atoms with Crippen LogP contribution >= 0.6 is 0 Å². The zero-order valence-corrected chi connectivity index (χ0v) is 10.8. The van der Waals surface area contributed by atoms with Crippen molar-refractivity contribution in [2.24, 2.45) is 0 Å². The van der Waals surface area contributed by atoms with Crippen LogP contribution < -0.4 is 4.74 Å². The monoisotopic (exact) mass is 234 g/mol. The Morgan fingerprint density at radius 1 is 1.12 bits per heavy atom. The average molecular weight is 234 g/mol. The third-order valence-electron chi connectivity index (χ3n) is 3.79. The van der Waals surface area contributed by atoms with E-state index in [1.54, 1.807) is 7.11 Å². The molecule has 0 amide bonds. The van der Waals surface area contributed by atoms with Gasteiger partial charge in [-0.2, -0.15) is 0 Å². The molecule has 1 fully saturated rings. The highest BCUT2D eigenvalue weighted by Crippen LogP contribution is 2.40. The van der Waals surface area contributed by atoms with Gasteiger partial charge in [0.05, 0.1) is 12.7 Å². The van der Waals surface area contributed by atoms with Crippen molar-refractivity contribution in [2.45, 2.75) is 51.0 Å². The molecule has 17 heavy (non-hydrogen) atoms. The number of ether oxygens (including phenoxy) is 1. The van der Waals surface area contributed by atoms with Gasteiger partial charge in [0.1, 0.15) is 5.75 Å². The molecule has 0 aliphatic heterocycles. The van der Waals surface area contributed by atoms with Gasteiger partial charge in [0.25, 0.3) is 0 Å². The van der Waals surface area contributed by atoms with Gasteiger partial charge in [-0.15, -0.1) is 0 Å². The highest BCUT2D eigenvalue weighted by Gasteiger charge is 2.32. The molecule has 0 saturated heterocycles. The molecular weight excluding hydrogens is 212 g/mol. The summed E-state index contributed by atoms with van der Waals surface area (Å²) in [6.45, 7) is 2.06. The summed E-state index contributed by atoms with van der Waals surface area (Å²) in [5, 5.41) is 10.9. The summed E-state index contributed by atoms with van der Waals surface area (Å²) in [6.07, 6.45) is 6.38. The largest absolute Gasteiger partial charge is 0.496 e. The van der Waals surface area contributed by atoms with Crippen LogP contribution in [-0.2, 0) is 5.60 Å². The van der Waals surface area contributed by atoms with E-state index in [9.17, 15) is 5.11 Å². The molecule has 0 spiro atoms. The molecule has 1 aromatic carbocycles. The zero-order chi connectivity index (χ0) is 12.3. The van der Waals surface area contributed by atoms with E-state index in [0.717, 1.165) is 37.0 Å². The molecule has 94 valence electrons. The van der Waals surface area contributed by atoms with Gasteiger partial charge in [0.15, 0.2) is 0 Å². The van der Waals surface area contributed by atoms with E-state index in [0.29, 0.717) is 0 Å². The van der Waals surface area contributed by atoms with E-state index in [1.807, 2.05) is 12.1 Å². The van der Waals surface area contributed by atoms with Gasteiger partial charge in [-0.1, -0.05) is 37.3 Å². The first-order valence-corrected chi connectivity index (χ1v) is 6.53. The lowest BCUT2D eigenvalue weighted by molar-refractivity contribution is 0.0184. The highest BCUT2D eigenvalue weighted by atomic mass is 16.5. The van der Waals surface area contributed by atoms with Crippen LogP contribution in [0, 0.1) is 6.92 Å². The summed E-state index contributed by atoms with van der Waals surface area (Å²) in [4.78, 5) is 0. The Morgan fingerprint density at radius 2 is 1.76 bits per heavy atom. The molecule has 1 aliphatic carbocycles. The number of hydrogen-bond donors (Lipinski definition) is 1. The predicted molar refractivity (Wildman–Crippen MR) is 69.3 cm³/mol. The maximum absolute atomic E-state index is 10.9. The minimum Gasteiger partial charge on any atom is -0.496 e. The fourth-order valence-corrected chi connectivity index (χ4v) is 2.77. The van der Waals surface area contributed by atoms with Gasteiger partial charge in [0, 0.05) is 5.56 Å². The second-order valence-electron chi connectivity index (χ2n) is 5.15. The third kappa shape index (κ3) is 2.63. The molecule has 2 heteroatoms. The highest BCUT2D eigenvalue weighted by molar-refractivity contribution is 5.41. The minimum atomic E-state index is -0.687. The van der Waals surface area contributed by atoms with Gasteiger partial charge in [-0.25, -0.2) is 0 Å². The molecule has 0 aromatic heterocycles. The van der Waals surface area contributed by atoms with Crippen molar-refractivity contribution in [2.75, 3.05) is 7.11 Å². The Labute approximate surface area is 104 Å². The van der Waals surface area contributed by atoms with Crippen LogP contribution in [-0.4, -0.2) is 12.2 Å². The summed E-state index contributed by atoms with van der Waals surface area (Å²) in [7, 11) is 1.67. The molecule has 0 atom stereocenters. The van der Waals surface area contributed by atoms with Crippen molar-refractivity contribution in [3.8, 4) is 5.75 Å². The number of benzene rings is 1. The van der Waals surface area contributed by atoms with Crippen LogP contribution in [0.2, 0.25) is 0 Å². The fraction of sp³-hybridized carbons (Fsp3) is 0.600. The summed E-state index contributed by atoms with van der Waals surface area (Å²) in [5.41, 5.74) is 1.47. The molecule has 0 radical (unpaired) electrons. The van der Waals surface area contributed by atoms with Gasteiger partial charge >= 0.3 is 0 Å². The normalized spacial score (nSPS) is 19.7. The molecule has 2 rings (SSSR count). The smallest absolute Gasteiger partial charge is 0.124 e. The van der Waals surface area contributed by atoms with Gasteiger partial charge < -0.3 is 9.84 Å². The Bertz CT molecular complexity index is 377. The van der Waals surface area contributed by atoms with Gasteiger partial charge in [-0.05, 0) is 31.9 Å². The van der Waals surface area contributed by atoms with Crippen molar-refractivity contribution in [3.05, 3.63) is 29.3 Å². The first kappa shape index (κ1) is 12.4. The lowest BCUT2D eigenvalue weighted by Crippen LogP contribution is -2.25. The van der Waals surface area contributed by atoms with Crippen LogP contribution in [0.15, 0.2) is 18.2 Å². The summed E-state index contributed by atoms with van der Waals surface area (Å²) >= 11 is 0.